The Morgan fingerprint density at radius 1 is 0.958 bits per heavy atom. The van der Waals surface area contributed by atoms with Crippen LogP contribution in [0.3, 0.4) is 0 Å². The molecule has 0 aromatic heterocycles. The van der Waals surface area contributed by atoms with Gasteiger partial charge in [0.2, 0.25) is 0 Å². The van der Waals surface area contributed by atoms with E-state index in [1.165, 1.54) is 12.8 Å². The summed E-state index contributed by atoms with van der Waals surface area (Å²) in [6.45, 7) is 0. The molecule has 2 atom stereocenters. The van der Waals surface area contributed by atoms with Crippen molar-refractivity contribution < 1.29 is 50.8 Å². The molecular formula is C15H18N2O6Pt. The molecule has 0 aliphatic heterocycles. The Balaban J connectivity index is 0.000000498. The van der Waals surface area contributed by atoms with Gasteiger partial charge < -0.3 is 36.4 Å². The molecular weight excluding hydrogens is 499 g/mol. The van der Waals surface area contributed by atoms with E-state index in [0.29, 0.717) is 6.07 Å². The monoisotopic (exact) mass is 517 g/mol. The molecule has 0 amide bonds. The smallest absolute Gasteiger partial charge is 0.545 e. The summed E-state index contributed by atoms with van der Waals surface area (Å²) in [7, 11) is 0. The molecule has 0 unspecified atom stereocenters. The van der Waals surface area contributed by atoms with Crippen LogP contribution in [0.1, 0.15) is 56.8 Å². The average Bonchev–Trinajstić information content (AvgIpc) is 2.50. The summed E-state index contributed by atoms with van der Waals surface area (Å²) in [5, 5.41) is 29.5. The van der Waals surface area contributed by atoms with E-state index in [2.05, 4.69) is 0 Å². The maximum atomic E-state index is 10.6. The number of aromatic carboxylic acids is 3. The van der Waals surface area contributed by atoms with Gasteiger partial charge in [-0.3, -0.25) is 0 Å². The van der Waals surface area contributed by atoms with Crippen molar-refractivity contribution in [1.29, 1.82) is 0 Å². The summed E-state index contributed by atoms with van der Waals surface area (Å²) in [6.07, 6.45) is 4.80. The van der Waals surface area contributed by atoms with Crippen LogP contribution in [0.15, 0.2) is 18.2 Å². The first-order chi connectivity index (χ1) is 10.7. The Labute approximate surface area is 153 Å². The van der Waals surface area contributed by atoms with Gasteiger partial charge in [0.05, 0.1) is 17.5 Å². The minimum absolute atomic E-state index is 0. The molecule has 1 aliphatic rings. The molecule has 1 fully saturated rings. The maximum Gasteiger partial charge on any atom is 2.00 e. The summed E-state index contributed by atoms with van der Waals surface area (Å²) >= 11 is 0. The van der Waals surface area contributed by atoms with Crippen molar-refractivity contribution in [2.45, 2.75) is 37.8 Å². The topological polar surface area (TPSA) is 170 Å². The number of hydrogen-bond acceptors (Lipinski definition) is 7. The van der Waals surface area contributed by atoms with Crippen LogP contribution in [0.4, 0.5) is 0 Å². The molecule has 5 N–H and O–H groups in total. The predicted molar refractivity (Wildman–Crippen MR) is 76.5 cm³/mol. The van der Waals surface area contributed by atoms with Crippen molar-refractivity contribution >= 4 is 17.9 Å². The van der Waals surface area contributed by atoms with Gasteiger partial charge in [-0.2, -0.15) is 0 Å². The summed E-state index contributed by atoms with van der Waals surface area (Å²) in [5.41, 5.74) is 9.67. The molecule has 8 nitrogen and oxygen atoms in total. The molecule has 1 aromatic rings. The van der Waals surface area contributed by atoms with E-state index in [1.807, 2.05) is 0 Å². The second-order valence-corrected chi connectivity index (χ2v) is 5.25. The Morgan fingerprint density at radius 3 is 1.79 bits per heavy atom. The molecule has 9 heteroatoms. The fourth-order valence-corrected chi connectivity index (χ4v) is 2.21. The number of hydrogen-bond donors (Lipinski definition) is 3. The summed E-state index contributed by atoms with van der Waals surface area (Å²) in [5.74, 6) is -4.82. The zero-order chi connectivity index (χ0) is 17.6. The molecule has 0 bridgehead atoms. The second-order valence-electron chi connectivity index (χ2n) is 5.25. The average molecular weight is 517 g/mol. The van der Waals surface area contributed by atoms with Gasteiger partial charge in [0, 0.05) is 17.6 Å². The van der Waals surface area contributed by atoms with Crippen LogP contribution in [-0.2, 0) is 21.1 Å². The van der Waals surface area contributed by atoms with Crippen molar-refractivity contribution in [2.24, 2.45) is 11.5 Å². The number of carboxylic acids is 3. The van der Waals surface area contributed by atoms with Gasteiger partial charge in [-0.1, -0.05) is 18.9 Å². The van der Waals surface area contributed by atoms with Gasteiger partial charge in [0.1, 0.15) is 0 Å². The van der Waals surface area contributed by atoms with E-state index in [0.717, 1.165) is 25.0 Å². The molecule has 24 heavy (non-hydrogen) atoms. The minimum Gasteiger partial charge on any atom is -0.545 e. The zero-order valence-electron chi connectivity index (χ0n) is 12.7. The molecule has 0 heterocycles. The van der Waals surface area contributed by atoms with Crippen LogP contribution in [0, 0.1) is 0 Å². The maximum absolute atomic E-state index is 10.6. The number of benzene rings is 1. The van der Waals surface area contributed by atoms with Gasteiger partial charge in [0.15, 0.2) is 0 Å². The fraction of sp³-hybridized carbons (Fsp3) is 0.400. The molecule has 0 saturated heterocycles. The summed E-state index contributed by atoms with van der Waals surface area (Å²) in [6, 6.07) is 3.07. The van der Waals surface area contributed by atoms with Crippen LogP contribution in [0.25, 0.3) is 0 Å². The fourth-order valence-electron chi connectivity index (χ4n) is 2.21. The first kappa shape index (κ1) is 22.2. The van der Waals surface area contributed by atoms with Gasteiger partial charge in [-0.25, -0.2) is 4.79 Å². The van der Waals surface area contributed by atoms with Crippen LogP contribution in [-0.4, -0.2) is 35.1 Å². The zero-order valence-corrected chi connectivity index (χ0v) is 14.9. The van der Waals surface area contributed by atoms with Gasteiger partial charge >= 0.3 is 27.0 Å². The predicted octanol–water partition coefficient (Wildman–Crippen LogP) is -1.68. The van der Waals surface area contributed by atoms with Crippen LogP contribution < -0.4 is 21.7 Å². The van der Waals surface area contributed by atoms with Crippen molar-refractivity contribution in [2.75, 3.05) is 0 Å². The third-order valence-electron chi connectivity index (χ3n) is 3.58. The first-order valence-corrected chi connectivity index (χ1v) is 7.05. The van der Waals surface area contributed by atoms with Gasteiger partial charge in [-0.15, -0.1) is 0 Å². The van der Waals surface area contributed by atoms with Crippen LogP contribution >= 0.6 is 0 Å². The standard InChI is InChI=1S/C9H6O6.C6H14N2.Pt/c10-7(11)4-1-2-5(8(12)13)6(3-4)9(14)15;7-5-3-1-2-4-6(5)8;/h1-3H,(H,10,11)(H,12,13)(H,14,15);5-6H,1-4,7-8H2;/q;;+2/p-2/t;5-,6-;/m.0./s1. The van der Waals surface area contributed by atoms with Crippen LogP contribution in [0.2, 0.25) is 0 Å². The van der Waals surface area contributed by atoms with E-state index in [1.54, 1.807) is 0 Å². The van der Waals surface area contributed by atoms with Crippen LogP contribution in [0.5, 0.6) is 0 Å². The third-order valence-corrected chi connectivity index (χ3v) is 3.58. The normalized spacial score (nSPS) is 19.2. The van der Waals surface area contributed by atoms with E-state index < -0.39 is 34.6 Å². The summed E-state index contributed by atoms with van der Waals surface area (Å²) < 4.78 is 0. The van der Waals surface area contributed by atoms with E-state index in [4.69, 9.17) is 16.6 Å². The molecule has 1 aliphatic carbocycles. The van der Waals surface area contributed by atoms with E-state index >= 15 is 0 Å². The SMILES string of the molecule is N[C@H]1CCCC[C@@H]1N.O=C([O-])c1ccc(C(=O)O)c(C(=O)[O-])c1.[Pt+2]. The number of rotatable bonds is 3. The molecule has 134 valence electrons. The van der Waals surface area contributed by atoms with Crippen molar-refractivity contribution in [3.63, 3.8) is 0 Å². The van der Waals surface area contributed by atoms with Gasteiger partial charge in [0.25, 0.3) is 0 Å². The Morgan fingerprint density at radius 2 is 1.46 bits per heavy atom. The Hall–Kier alpha value is -1.76. The quantitative estimate of drug-likeness (QED) is 0.427. The molecule has 1 aromatic carbocycles. The number of nitrogens with two attached hydrogens (primary N) is 2. The third kappa shape index (κ3) is 6.39. The largest absolute Gasteiger partial charge is 2.00 e. The van der Waals surface area contributed by atoms with Crippen molar-refractivity contribution in [1.82, 2.24) is 0 Å². The van der Waals surface area contributed by atoms with Crippen molar-refractivity contribution in [3.05, 3.63) is 34.9 Å². The molecule has 1 saturated carbocycles. The molecule has 2 rings (SSSR count). The second kappa shape index (κ2) is 10.2. The molecule has 0 radical (unpaired) electrons. The van der Waals surface area contributed by atoms with Gasteiger partial charge in [-0.05, 0) is 30.5 Å². The summed E-state index contributed by atoms with van der Waals surface area (Å²) in [4.78, 5) is 31.5. The number of carbonyl (C=O) groups excluding carboxylic acids is 2. The Kier molecular flexibility index (Phi) is 9.43. The van der Waals surface area contributed by atoms with E-state index in [-0.39, 0.29) is 33.1 Å². The molecule has 0 spiro atoms. The minimum atomic E-state index is -1.75. The number of carboxylic acid groups (broad SMARTS) is 3. The van der Waals surface area contributed by atoms with E-state index in [9.17, 15) is 24.6 Å². The Bertz CT molecular complexity index is 598. The number of carbonyl (C=O) groups is 3. The van der Waals surface area contributed by atoms with Crippen molar-refractivity contribution in [3.8, 4) is 0 Å². The first-order valence-electron chi connectivity index (χ1n) is 7.05.